The van der Waals surface area contributed by atoms with Crippen molar-refractivity contribution in [1.82, 2.24) is 0 Å². The van der Waals surface area contributed by atoms with Crippen molar-refractivity contribution in [2.75, 3.05) is 18.5 Å². The monoisotopic (exact) mass is 392 g/mol. The number of carbonyl (C=O) groups is 2. The summed E-state index contributed by atoms with van der Waals surface area (Å²) in [4.78, 5) is 35.5. The van der Waals surface area contributed by atoms with Gasteiger partial charge in [0.25, 0.3) is 11.6 Å². The quantitative estimate of drug-likeness (QED) is 0.417. The standard InChI is InChI=1S/C18H20N2O6S/c1-4-13-9-14(18(22)25-5-2)17(27-13)19-16(21)10-26-12-6-7-15(20(23)24)11(3)8-12/h6-9H,4-5,10H2,1-3H3,(H,19,21). The van der Waals surface area contributed by atoms with Crippen LogP contribution in [-0.2, 0) is 16.0 Å². The molecule has 27 heavy (non-hydrogen) atoms. The van der Waals surface area contributed by atoms with E-state index in [1.807, 2.05) is 6.92 Å². The van der Waals surface area contributed by atoms with Crippen LogP contribution in [0.5, 0.6) is 5.75 Å². The normalized spacial score (nSPS) is 10.3. The topological polar surface area (TPSA) is 108 Å². The summed E-state index contributed by atoms with van der Waals surface area (Å²) in [6.45, 7) is 5.20. The molecule has 0 saturated carbocycles. The van der Waals surface area contributed by atoms with Crippen molar-refractivity contribution in [3.05, 3.63) is 50.4 Å². The Hall–Kier alpha value is -2.94. The molecule has 1 heterocycles. The molecule has 144 valence electrons. The molecule has 0 radical (unpaired) electrons. The first kappa shape index (κ1) is 20.4. The molecular formula is C18H20N2O6S. The lowest BCUT2D eigenvalue weighted by Gasteiger charge is -2.08. The number of hydrogen-bond donors (Lipinski definition) is 1. The van der Waals surface area contributed by atoms with Crippen LogP contribution in [0.4, 0.5) is 10.7 Å². The Labute approximate surface area is 160 Å². The number of ether oxygens (including phenoxy) is 2. The molecule has 0 bridgehead atoms. The zero-order valence-electron chi connectivity index (χ0n) is 15.2. The van der Waals surface area contributed by atoms with Gasteiger partial charge in [-0.3, -0.25) is 14.9 Å². The number of anilines is 1. The van der Waals surface area contributed by atoms with Gasteiger partial charge in [0, 0.05) is 16.5 Å². The third-order valence-electron chi connectivity index (χ3n) is 3.61. The van der Waals surface area contributed by atoms with E-state index < -0.39 is 16.8 Å². The Balaban J connectivity index is 2.03. The van der Waals surface area contributed by atoms with Crippen LogP contribution in [0.2, 0.25) is 0 Å². The predicted molar refractivity (Wildman–Crippen MR) is 102 cm³/mol. The highest BCUT2D eigenvalue weighted by Crippen LogP contribution is 2.29. The van der Waals surface area contributed by atoms with Crippen LogP contribution in [0.15, 0.2) is 24.3 Å². The molecule has 0 aliphatic rings. The van der Waals surface area contributed by atoms with Crippen LogP contribution in [0.25, 0.3) is 0 Å². The fourth-order valence-corrected chi connectivity index (χ4v) is 3.30. The van der Waals surface area contributed by atoms with Gasteiger partial charge in [-0.05, 0) is 38.5 Å². The fraction of sp³-hybridized carbons (Fsp3) is 0.333. The van der Waals surface area contributed by atoms with Gasteiger partial charge in [-0.25, -0.2) is 4.79 Å². The second-order valence-electron chi connectivity index (χ2n) is 5.57. The molecular weight excluding hydrogens is 372 g/mol. The minimum Gasteiger partial charge on any atom is -0.484 e. The van der Waals surface area contributed by atoms with Crippen LogP contribution < -0.4 is 10.1 Å². The average molecular weight is 392 g/mol. The largest absolute Gasteiger partial charge is 0.484 e. The van der Waals surface area contributed by atoms with Gasteiger partial charge < -0.3 is 14.8 Å². The second-order valence-corrected chi connectivity index (χ2v) is 6.71. The van der Waals surface area contributed by atoms with Crippen molar-refractivity contribution in [2.24, 2.45) is 0 Å². The van der Waals surface area contributed by atoms with Crippen molar-refractivity contribution in [1.29, 1.82) is 0 Å². The van der Waals surface area contributed by atoms with Crippen LogP contribution in [0.1, 0.15) is 34.6 Å². The summed E-state index contributed by atoms with van der Waals surface area (Å²) < 4.78 is 10.4. The molecule has 9 heteroatoms. The van der Waals surface area contributed by atoms with E-state index in [1.165, 1.54) is 29.5 Å². The first-order valence-corrected chi connectivity index (χ1v) is 9.14. The third kappa shape index (κ3) is 5.27. The first-order chi connectivity index (χ1) is 12.8. The average Bonchev–Trinajstić information content (AvgIpc) is 3.03. The maximum atomic E-state index is 12.2. The summed E-state index contributed by atoms with van der Waals surface area (Å²) in [5.41, 5.74) is 0.739. The van der Waals surface area contributed by atoms with Gasteiger partial charge in [0.15, 0.2) is 6.61 Å². The number of nitro benzene ring substituents is 1. The van der Waals surface area contributed by atoms with Gasteiger partial charge in [-0.1, -0.05) is 6.92 Å². The lowest BCUT2D eigenvalue weighted by molar-refractivity contribution is -0.385. The zero-order valence-corrected chi connectivity index (χ0v) is 16.1. The highest BCUT2D eigenvalue weighted by molar-refractivity contribution is 7.16. The van der Waals surface area contributed by atoms with E-state index in [0.717, 1.165) is 11.3 Å². The van der Waals surface area contributed by atoms with Crippen molar-refractivity contribution in [3.8, 4) is 5.75 Å². The Kier molecular flexibility index (Phi) is 6.89. The summed E-state index contributed by atoms with van der Waals surface area (Å²) in [6, 6.07) is 5.96. The number of nitrogens with one attached hydrogen (secondary N) is 1. The van der Waals surface area contributed by atoms with Crippen molar-refractivity contribution < 1.29 is 24.0 Å². The van der Waals surface area contributed by atoms with Crippen molar-refractivity contribution in [2.45, 2.75) is 27.2 Å². The number of nitrogens with zero attached hydrogens (tertiary/aromatic N) is 1. The number of hydrogen-bond acceptors (Lipinski definition) is 7. The molecule has 1 aromatic carbocycles. The van der Waals surface area contributed by atoms with Crippen molar-refractivity contribution >= 4 is 33.9 Å². The molecule has 2 rings (SSSR count). The van der Waals surface area contributed by atoms with Crippen LogP contribution in [0.3, 0.4) is 0 Å². The SMILES string of the molecule is CCOC(=O)c1cc(CC)sc1NC(=O)COc1ccc([N+](=O)[O-])c(C)c1. The van der Waals surface area contributed by atoms with E-state index in [1.54, 1.807) is 19.9 Å². The number of thiophene rings is 1. The van der Waals surface area contributed by atoms with E-state index in [0.29, 0.717) is 21.9 Å². The number of benzene rings is 1. The van der Waals surface area contributed by atoms with E-state index in [4.69, 9.17) is 9.47 Å². The first-order valence-electron chi connectivity index (χ1n) is 8.33. The minimum atomic E-state index is -0.490. The number of rotatable bonds is 8. The molecule has 2 aromatic rings. The van der Waals surface area contributed by atoms with Crippen LogP contribution >= 0.6 is 11.3 Å². The lowest BCUT2D eigenvalue weighted by atomic mass is 10.2. The van der Waals surface area contributed by atoms with E-state index in [-0.39, 0.29) is 18.9 Å². The molecule has 1 amide bonds. The smallest absolute Gasteiger partial charge is 0.341 e. The van der Waals surface area contributed by atoms with Crippen LogP contribution in [-0.4, -0.2) is 30.0 Å². The number of esters is 1. The molecule has 0 atom stereocenters. The highest BCUT2D eigenvalue weighted by Gasteiger charge is 2.19. The number of amides is 1. The third-order valence-corrected chi connectivity index (χ3v) is 4.81. The van der Waals surface area contributed by atoms with Gasteiger partial charge >= 0.3 is 5.97 Å². The number of nitro groups is 1. The maximum Gasteiger partial charge on any atom is 0.341 e. The lowest BCUT2D eigenvalue weighted by Crippen LogP contribution is -2.21. The second kappa shape index (κ2) is 9.13. The minimum absolute atomic E-state index is 0.0171. The molecule has 0 aliphatic heterocycles. The van der Waals surface area contributed by atoms with Gasteiger partial charge in [-0.2, -0.15) is 0 Å². The fourth-order valence-electron chi connectivity index (χ4n) is 2.30. The highest BCUT2D eigenvalue weighted by atomic mass is 32.1. The molecule has 1 N–H and O–H groups in total. The molecule has 0 fully saturated rings. The zero-order chi connectivity index (χ0) is 20.0. The Morgan fingerprint density at radius 3 is 2.59 bits per heavy atom. The summed E-state index contributed by atoms with van der Waals surface area (Å²) in [6.07, 6.45) is 0.728. The molecule has 1 aromatic heterocycles. The maximum absolute atomic E-state index is 12.2. The van der Waals surface area contributed by atoms with Gasteiger partial charge in [0.1, 0.15) is 10.8 Å². The molecule has 8 nitrogen and oxygen atoms in total. The number of aryl methyl sites for hydroxylation is 2. The molecule has 0 aliphatic carbocycles. The van der Waals surface area contributed by atoms with Gasteiger partial charge in [-0.15, -0.1) is 11.3 Å². The molecule has 0 unspecified atom stereocenters. The summed E-state index contributed by atoms with van der Waals surface area (Å²) in [7, 11) is 0. The van der Waals surface area contributed by atoms with Crippen molar-refractivity contribution in [3.63, 3.8) is 0 Å². The van der Waals surface area contributed by atoms with E-state index in [9.17, 15) is 19.7 Å². The van der Waals surface area contributed by atoms with Gasteiger partial charge in [0.05, 0.1) is 17.1 Å². The Bertz CT molecular complexity index is 862. The van der Waals surface area contributed by atoms with E-state index in [2.05, 4.69) is 5.32 Å². The molecule has 0 saturated heterocycles. The van der Waals surface area contributed by atoms with Gasteiger partial charge in [0.2, 0.25) is 0 Å². The summed E-state index contributed by atoms with van der Waals surface area (Å²) in [5.74, 6) is -0.587. The molecule has 0 spiro atoms. The number of carbonyl (C=O) groups excluding carboxylic acids is 2. The summed E-state index contributed by atoms with van der Waals surface area (Å²) in [5, 5.41) is 13.9. The van der Waals surface area contributed by atoms with Crippen LogP contribution in [0, 0.1) is 17.0 Å². The Morgan fingerprint density at radius 2 is 2.00 bits per heavy atom. The van der Waals surface area contributed by atoms with E-state index >= 15 is 0 Å². The predicted octanol–water partition coefficient (Wildman–Crippen LogP) is 3.72. The summed E-state index contributed by atoms with van der Waals surface area (Å²) >= 11 is 1.31. The Morgan fingerprint density at radius 1 is 1.26 bits per heavy atom.